The van der Waals surface area contributed by atoms with Crippen LogP contribution in [0.5, 0.6) is 23.0 Å². The van der Waals surface area contributed by atoms with Crippen molar-refractivity contribution in [1.82, 2.24) is 9.80 Å². The van der Waals surface area contributed by atoms with E-state index in [0.717, 1.165) is 56.2 Å². The number of piperazine rings is 1. The summed E-state index contributed by atoms with van der Waals surface area (Å²) in [5.74, 6) is 2.78. The fraction of sp³-hybridized carbons (Fsp3) is 0.458. The zero-order valence-electron chi connectivity index (χ0n) is 19.1. The van der Waals surface area contributed by atoms with Crippen LogP contribution in [0.1, 0.15) is 12.0 Å². The number of ether oxygens (including phenoxy) is 4. The molecule has 0 spiro atoms. The summed E-state index contributed by atoms with van der Waals surface area (Å²) in [7, 11) is 3.34. The molecule has 0 unspecified atom stereocenters. The van der Waals surface area contributed by atoms with Crippen LogP contribution in [0.25, 0.3) is 0 Å². The minimum atomic E-state index is -0.102. The maximum atomic E-state index is 12.7. The molecule has 0 radical (unpaired) electrons. The number of hydrogen-bond acceptors (Lipinski definition) is 7. The average molecular weight is 476 g/mol. The van der Waals surface area contributed by atoms with E-state index in [9.17, 15) is 4.79 Å². The molecule has 2 aliphatic rings. The van der Waals surface area contributed by atoms with Gasteiger partial charge in [-0.05, 0) is 18.2 Å². The van der Waals surface area contributed by atoms with Gasteiger partial charge in [-0.25, -0.2) is 0 Å². The molecule has 2 heterocycles. The number of methoxy groups -OCH3 is 2. The Labute approximate surface area is 199 Å². The predicted octanol–water partition coefficient (Wildman–Crippen LogP) is 3.27. The Balaban J connectivity index is 1.29. The Morgan fingerprint density at radius 3 is 2.39 bits per heavy atom. The van der Waals surface area contributed by atoms with E-state index in [2.05, 4.69) is 15.1 Å². The maximum Gasteiger partial charge on any atom is 0.238 e. The van der Waals surface area contributed by atoms with E-state index in [-0.39, 0.29) is 5.91 Å². The van der Waals surface area contributed by atoms with Crippen molar-refractivity contribution in [2.45, 2.75) is 13.0 Å². The van der Waals surface area contributed by atoms with E-state index in [1.165, 1.54) is 0 Å². The lowest BCUT2D eigenvalue weighted by Crippen LogP contribution is -2.48. The molecule has 0 atom stereocenters. The second kappa shape index (κ2) is 11.0. The number of nitrogens with zero attached hydrogens (tertiary/aromatic N) is 2. The number of amides is 1. The molecule has 2 aliphatic heterocycles. The van der Waals surface area contributed by atoms with Gasteiger partial charge >= 0.3 is 0 Å². The molecule has 178 valence electrons. The van der Waals surface area contributed by atoms with E-state index in [0.29, 0.717) is 42.0 Å². The second-order valence-electron chi connectivity index (χ2n) is 8.11. The highest BCUT2D eigenvalue weighted by atomic mass is 35.5. The summed E-state index contributed by atoms with van der Waals surface area (Å²) >= 11 is 6.35. The van der Waals surface area contributed by atoms with Gasteiger partial charge in [0.1, 0.15) is 11.5 Å². The third-order valence-electron chi connectivity index (χ3n) is 5.82. The zero-order valence-corrected chi connectivity index (χ0v) is 19.8. The number of nitrogens with one attached hydrogen (secondary N) is 1. The van der Waals surface area contributed by atoms with Crippen molar-refractivity contribution in [2.75, 3.05) is 65.5 Å². The molecule has 8 nitrogen and oxygen atoms in total. The number of benzene rings is 2. The van der Waals surface area contributed by atoms with Crippen LogP contribution in [0, 0.1) is 0 Å². The molecule has 9 heteroatoms. The highest BCUT2D eigenvalue weighted by Crippen LogP contribution is 2.37. The summed E-state index contributed by atoms with van der Waals surface area (Å²) in [4.78, 5) is 17.2. The van der Waals surface area contributed by atoms with Crippen molar-refractivity contribution in [2.24, 2.45) is 0 Å². The van der Waals surface area contributed by atoms with Gasteiger partial charge in [0.15, 0.2) is 11.5 Å². The summed E-state index contributed by atoms with van der Waals surface area (Å²) in [5.41, 5.74) is 1.63. The average Bonchev–Trinajstić information content (AvgIpc) is 3.05. The van der Waals surface area contributed by atoms with Crippen molar-refractivity contribution >= 4 is 23.2 Å². The lowest BCUT2D eigenvalue weighted by atomic mass is 10.1. The van der Waals surface area contributed by atoms with Crippen molar-refractivity contribution in [3.8, 4) is 23.0 Å². The van der Waals surface area contributed by atoms with Crippen LogP contribution in [-0.2, 0) is 11.3 Å². The molecule has 0 bridgehead atoms. The molecule has 0 aromatic heterocycles. The molecule has 2 aromatic carbocycles. The summed E-state index contributed by atoms with van der Waals surface area (Å²) in [6, 6.07) is 9.27. The number of hydrogen-bond donors (Lipinski definition) is 1. The van der Waals surface area contributed by atoms with E-state index >= 15 is 0 Å². The Morgan fingerprint density at radius 2 is 1.70 bits per heavy atom. The highest BCUT2D eigenvalue weighted by molar-refractivity contribution is 6.34. The summed E-state index contributed by atoms with van der Waals surface area (Å²) in [5, 5.41) is 3.35. The normalized spacial score (nSPS) is 16.7. The van der Waals surface area contributed by atoms with E-state index < -0.39 is 0 Å². The van der Waals surface area contributed by atoms with Gasteiger partial charge in [0.25, 0.3) is 0 Å². The molecule has 1 N–H and O–H groups in total. The van der Waals surface area contributed by atoms with Gasteiger partial charge in [0.05, 0.1) is 44.7 Å². The third-order valence-corrected chi connectivity index (χ3v) is 6.14. The molecular weight excluding hydrogens is 446 g/mol. The quantitative estimate of drug-likeness (QED) is 0.658. The van der Waals surface area contributed by atoms with Crippen LogP contribution in [0.2, 0.25) is 5.02 Å². The maximum absolute atomic E-state index is 12.7. The highest BCUT2D eigenvalue weighted by Gasteiger charge is 2.21. The molecule has 1 saturated heterocycles. The summed E-state index contributed by atoms with van der Waals surface area (Å²) < 4.78 is 22.2. The predicted molar refractivity (Wildman–Crippen MR) is 127 cm³/mol. The smallest absolute Gasteiger partial charge is 0.238 e. The number of carbonyl (C=O) groups excluding carboxylic acids is 1. The lowest BCUT2D eigenvalue weighted by molar-refractivity contribution is -0.117. The number of halogens is 1. The van der Waals surface area contributed by atoms with E-state index in [1.54, 1.807) is 26.4 Å². The van der Waals surface area contributed by atoms with Gasteiger partial charge in [0, 0.05) is 56.8 Å². The minimum Gasteiger partial charge on any atom is -0.497 e. The topological polar surface area (TPSA) is 72.5 Å². The standard InChI is InChI=1S/C24H30ClN3O5/c1-30-18-4-5-21(31-2)17(12-18)15-27-6-8-28(9-7-27)16-24(29)26-20-14-23-22(13-19(20)25)32-10-3-11-33-23/h4-5,12-14H,3,6-11,15-16H2,1-2H3,(H,26,29). The zero-order chi connectivity index (χ0) is 23.2. The molecule has 0 saturated carbocycles. The third kappa shape index (κ3) is 6.01. The number of anilines is 1. The molecule has 33 heavy (non-hydrogen) atoms. The molecule has 2 aromatic rings. The molecule has 0 aliphatic carbocycles. The van der Waals surface area contributed by atoms with Gasteiger partial charge in [-0.15, -0.1) is 0 Å². The monoisotopic (exact) mass is 475 g/mol. The first-order valence-corrected chi connectivity index (χ1v) is 11.5. The first kappa shape index (κ1) is 23.5. The lowest BCUT2D eigenvalue weighted by Gasteiger charge is -2.34. The van der Waals surface area contributed by atoms with Crippen LogP contribution in [0.3, 0.4) is 0 Å². The Hall–Kier alpha value is -2.68. The van der Waals surface area contributed by atoms with Gasteiger partial charge in [-0.3, -0.25) is 14.6 Å². The molecule has 4 rings (SSSR count). The van der Waals surface area contributed by atoms with E-state index in [1.807, 2.05) is 18.2 Å². The fourth-order valence-electron chi connectivity index (χ4n) is 4.02. The van der Waals surface area contributed by atoms with Crippen LogP contribution in [0.4, 0.5) is 5.69 Å². The minimum absolute atomic E-state index is 0.102. The SMILES string of the molecule is COc1ccc(OC)c(CN2CCN(CC(=O)Nc3cc4c(cc3Cl)OCCCO4)CC2)c1. The van der Waals surface area contributed by atoms with Crippen molar-refractivity contribution in [3.63, 3.8) is 0 Å². The fourth-order valence-corrected chi connectivity index (χ4v) is 4.23. The number of rotatable bonds is 7. The molecular formula is C24H30ClN3O5. The van der Waals surface area contributed by atoms with Crippen molar-refractivity contribution in [1.29, 1.82) is 0 Å². The van der Waals surface area contributed by atoms with Crippen LogP contribution >= 0.6 is 11.6 Å². The first-order chi connectivity index (χ1) is 16.1. The van der Waals surface area contributed by atoms with E-state index in [4.69, 9.17) is 30.5 Å². The number of fused-ring (bicyclic) bond motifs is 1. The largest absolute Gasteiger partial charge is 0.497 e. The second-order valence-corrected chi connectivity index (χ2v) is 8.51. The van der Waals surface area contributed by atoms with Gasteiger partial charge < -0.3 is 24.3 Å². The first-order valence-electron chi connectivity index (χ1n) is 11.1. The van der Waals surface area contributed by atoms with Crippen LogP contribution in [0.15, 0.2) is 30.3 Å². The molecule has 1 fully saturated rings. The van der Waals surface area contributed by atoms with Gasteiger partial charge in [0.2, 0.25) is 5.91 Å². The Kier molecular flexibility index (Phi) is 7.80. The molecule has 1 amide bonds. The van der Waals surface area contributed by atoms with Crippen LogP contribution < -0.4 is 24.3 Å². The Bertz CT molecular complexity index is 979. The van der Waals surface area contributed by atoms with Gasteiger partial charge in [-0.1, -0.05) is 11.6 Å². The van der Waals surface area contributed by atoms with Crippen molar-refractivity contribution < 1.29 is 23.7 Å². The summed E-state index contributed by atoms with van der Waals surface area (Å²) in [6.07, 6.45) is 0.810. The number of carbonyl (C=O) groups is 1. The Morgan fingerprint density at radius 1 is 1.00 bits per heavy atom. The summed E-state index contributed by atoms with van der Waals surface area (Å²) in [6.45, 7) is 5.56. The van der Waals surface area contributed by atoms with Gasteiger partial charge in [-0.2, -0.15) is 0 Å². The van der Waals surface area contributed by atoms with Crippen molar-refractivity contribution in [3.05, 3.63) is 40.9 Å². The van der Waals surface area contributed by atoms with Crippen LogP contribution in [-0.4, -0.2) is 75.9 Å².